The molecule has 118 valence electrons. The van der Waals surface area contributed by atoms with Crippen LogP contribution < -0.4 is 10.5 Å². The van der Waals surface area contributed by atoms with Gasteiger partial charge in [0.25, 0.3) is 0 Å². The fraction of sp³-hybridized carbons (Fsp3) is 0.600. The second-order valence-electron chi connectivity index (χ2n) is 6.23. The molecule has 1 aliphatic heterocycles. The largest absolute Gasteiger partial charge is 0.398 e. The van der Waals surface area contributed by atoms with Crippen molar-refractivity contribution in [3.05, 3.63) is 23.3 Å². The zero-order valence-corrected chi connectivity index (χ0v) is 14.0. The molecule has 0 bridgehead atoms. The smallest absolute Gasteiger partial charge is 0.241 e. The van der Waals surface area contributed by atoms with Gasteiger partial charge in [0.1, 0.15) is 0 Å². The van der Waals surface area contributed by atoms with Crippen molar-refractivity contribution in [3.63, 3.8) is 0 Å². The lowest BCUT2D eigenvalue weighted by Crippen LogP contribution is -2.48. The number of hydrogen-bond acceptors (Lipinski definition) is 4. The number of anilines is 1. The summed E-state index contributed by atoms with van der Waals surface area (Å²) in [6, 6.07) is 3.47. The molecule has 0 spiro atoms. The van der Waals surface area contributed by atoms with Crippen LogP contribution >= 0.6 is 0 Å². The van der Waals surface area contributed by atoms with Gasteiger partial charge in [-0.3, -0.25) is 0 Å². The van der Waals surface area contributed by atoms with Crippen molar-refractivity contribution >= 4 is 15.7 Å². The molecule has 0 radical (unpaired) electrons. The second-order valence-corrected chi connectivity index (χ2v) is 7.92. The molecule has 6 heteroatoms. The number of sulfonamides is 1. The van der Waals surface area contributed by atoms with Crippen molar-refractivity contribution in [1.82, 2.24) is 9.62 Å². The van der Waals surface area contributed by atoms with Crippen LogP contribution in [0.4, 0.5) is 5.69 Å². The van der Waals surface area contributed by atoms with Gasteiger partial charge in [-0.15, -0.1) is 0 Å². The number of aryl methyl sites for hydroxylation is 1. The molecular formula is C15H25N3O2S. The highest BCUT2D eigenvalue weighted by atomic mass is 32.2. The van der Waals surface area contributed by atoms with Gasteiger partial charge < -0.3 is 10.6 Å². The Balaban J connectivity index is 2.27. The Morgan fingerprint density at radius 2 is 2.00 bits per heavy atom. The van der Waals surface area contributed by atoms with E-state index in [4.69, 9.17) is 5.73 Å². The maximum Gasteiger partial charge on any atom is 0.241 e. The van der Waals surface area contributed by atoms with E-state index in [-0.39, 0.29) is 6.04 Å². The van der Waals surface area contributed by atoms with E-state index in [0.29, 0.717) is 22.1 Å². The third kappa shape index (κ3) is 3.56. The van der Waals surface area contributed by atoms with Gasteiger partial charge in [0.2, 0.25) is 10.0 Å². The summed E-state index contributed by atoms with van der Waals surface area (Å²) >= 11 is 0. The lowest BCUT2D eigenvalue weighted by Gasteiger charge is -2.35. The molecule has 1 aromatic rings. The molecular weight excluding hydrogens is 286 g/mol. The van der Waals surface area contributed by atoms with Crippen molar-refractivity contribution in [2.45, 2.75) is 38.1 Å². The van der Waals surface area contributed by atoms with Gasteiger partial charge in [0.05, 0.1) is 4.90 Å². The average molecular weight is 311 g/mol. The summed E-state index contributed by atoms with van der Waals surface area (Å²) in [5.41, 5.74) is 7.89. The Morgan fingerprint density at radius 1 is 1.33 bits per heavy atom. The van der Waals surface area contributed by atoms with Gasteiger partial charge >= 0.3 is 0 Å². The second kappa shape index (κ2) is 5.94. The number of likely N-dealkylation sites (tertiary alicyclic amines) is 1. The van der Waals surface area contributed by atoms with Crippen LogP contribution in [-0.4, -0.2) is 39.5 Å². The van der Waals surface area contributed by atoms with Crippen LogP contribution in [0.25, 0.3) is 0 Å². The number of nitrogen functional groups attached to an aromatic ring is 1. The van der Waals surface area contributed by atoms with E-state index >= 15 is 0 Å². The van der Waals surface area contributed by atoms with Crippen LogP contribution in [0, 0.1) is 19.8 Å². The third-order valence-electron chi connectivity index (χ3n) is 4.25. The molecule has 2 unspecified atom stereocenters. The highest BCUT2D eigenvalue weighted by Crippen LogP contribution is 2.25. The first-order valence-electron chi connectivity index (χ1n) is 7.28. The molecule has 1 heterocycles. The summed E-state index contributed by atoms with van der Waals surface area (Å²) < 4.78 is 28.2. The molecule has 1 saturated heterocycles. The van der Waals surface area contributed by atoms with Crippen molar-refractivity contribution in [2.75, 3.05) is 25.9 Å². The standard InChI is InChI=1S/C15H25N3O2S/c1-10-7-13(16)12(3)15(8-10)21(19,20)17-14-5-6-18(4)9-11(14)2/h7-8,11,14,17H,5-6,9,16H2,1-4H3. The molecule has 0 saturated carbocycles. The molecule has 2 atom stereocenters. The number of benzene rings is 1. The molecule has 21 heavy (non-hydrogen) atoms. The monoisotopic (exact) mass is 311 g/mol. The quantitative estimate of drug-likeness (QED) is 0.830. The van der Waals surface area contributed by atoms with E-state index in [1.54, 1.807) is 19.1 Å². The van der Waals surface area contributed by atoms with E-state index in [1.807, 2.05) is 6.92 Å². The normalized spacial score (nSPS) is 24.2. The van der Waals surface area contributed by atoms with Gasteiger partial charge in [0.15, 0.2) is 0 Å². The summed E-state index contributed by atoms with van der Waals surface area (Å²) in [6.45, 7) is 7.50. The summed E-state index contributed by atoms with van der Waals surface area (Å²) in [4.78, 5) is 2.52. The highest BCUT2D eigenvalue weighted by molar-refractivity contribution is 7.89. The Kier molecular flexibility index (Phi) is 4.60. The van der Waals surface area contributed by atoms with Crippen LogP contribution in [0.3, 0.4) is 0 Å². The van der Waals surface area contributed by atoms with Crippen LogP contribution in [0.2, 0.25) is 0 Å². The molecule has 2 rings (SSSR count). The van der Waals surface area contributed by atoms with Crippen molar-refractivity contribution < 1.29 is 8.42 Å². The van der Waals surface area contributed by atoms with Crippen molar-refractivity contribution in [1.29, 1.82) is 0 Å². The van der Waals surface area contributed by atoms with Crippen LogP contribution in [0.15, 0.2) is 17.0 Å². The summed E-state index contributed by atoms with van der Waals surface area (Å²) in [6.07, 6.45) is 0.831. The number of hydrogen-bond donors (Lipinski definition) is 2. The van der Waals surface area contributed by atoms with Crippen LogP contribution in [-0.2, 0) is 10.0 Å². The van der Waals surface area contributed by atoms with Crippen molar-refractivity contribution in [3.8, 4) is 0 Å². The molecule has 0 amide bonds. The maximum absolute atomic E-state index is 12.7. The van der Waals surface area contributed by atoms with Crippen LogP contribution in [0.1, 0.15) is 24.5 Å². The molecule has 0 aliphatic carbocycles. The summed E-state index contributed by atoms with van der Waals surface area (Å²) in [7, 11) is -1.47. The molecule has 3 N–H and O–H groups in total. The minimum absolute atomic E-state index is 0.0210. The zero-order valence-electron chi connectivity index (χ0n) is 13.2. The Labute approximate surface area is 127 Å². The van der Waals surface area contributed by atoms with E-state index in [0.717, 1.165) is 25.1 Å². The predicted molar refractivity (Wildman–Crippen MR) is 85.7 cm³/mol. The van der Waals surface area contributed by atoms with E-state index in [2.05, 4.69) is 23.6 Å². The van der Waals surface area contributed by atoms with Gasteiger partial charge in [-0.05, 0) is 63.0 Å². The highest BCUT2D eigenvalue weighted by Gasteiger charge is 2.29. The van der Waals surface area contributed by atoms with E-state index in [1.165, 1.54) is 0 Å². The lowest BCUT2D eigenvalue weighted by atomic mass is 9.95. The summed E-state index contributed by atoms with van der Waals surface area (Å²) in [5.74, 6) is 0.293. The fourth-order valence-corrected chi connectivity index (χ4v) is 4.66. The number of nitrogens with one attached hydrogen (secondary N) is 1. The molecule has 1 fully saturated rings. The number of nitrogens with zero attached hydrogens (tertiary/aromatic N) is 1. The first-order valence-corrected chi connectivity index (χ1v) is 8.76. The van der Waals surface area contributed by atoms with Gasteiger partial charge in [-0.1, -0.05) is 6.92 Å². The lowest BCUT2D eigenvalue weighted by molar-refractivity contribution is 0.188. The van der Waals surface area contributed by atoms with Gasteiger partial charge in [-0.2, -0.15) is 0 Å². The Bertz CT molecular complexity index is 628. The first-order chi connectivity index (χ1) is 9.70. The average Bonchev–Trinajstić information content (AvgIpc) is 2.37. The Morgan fingerprint density at radius 3 is 2.62 bits per heavy atom. The number of piperidine rings is 1. The fourth-order valence-electron chi connectivity index (χ4n) is 2.92. The molecule has 1 aromatic carbocycles. The van der Waals surface area contributed by atoms with Gasteiger partial charge in [0, 0.05) is 18.3 Å². The third-order valence-corrected chi connectivity index (χ3v) is 5.87. The van der Waals surface area contributed by atoms with Crippen LogP contribution in [0.5, 0.6) is 0 Å². The van der Waals surface area contributed by atoms with E-state index < -0.39 is 10.0 Å². The van der Waals surface area contributed by atoms with Crippen molar-refractivity contribution in [2.24, 2.45) is 5.92 Å². The number of nitrogens with two attached hydrogens (primary N) is 1. The Hall–Kier alpha value is -1.11. The summed E-state index contributed by atoms with van der Waals surface area (Å²) in [5, 5.41) is 0. The maximum atomic E-state index is 12.7. The SMILES string of the molecule is Cc1cc(N)c(C)c(S(=O)(=O)NC2CCN(C)CC2C)c1. The minimum Gasteiger partial charge on any atom is -0.398 e. The predicted octanol–water partition coefficient (Wildman–Crippen LogP) is 1.50. The minimum atomic E-state index is -3.53. The number of rotatable bonds is 3. The topological polar surface area (TPSA) is 75.4 Å². The molecule has 5 nitrogen and oxygen atoms in total. The first kappa shape index (κ1) is 16.3. The zero-order chi connectivity index (χ0) is 15.8. The molecule has 1 aliphatic rings. The van der Waals surface area contributed by atoms with E-state index in [9.17, 15) is 8.42 Å². The molecule has 0 aromatic heterocycles. The van der Waals surface area contributed by atoms with Gasteiger partial charge in [-0.25, -0.2) is 13.1 Å².